The Morgan fingerprint density at radius 2 is 1.19 bits per heavy atom. The van der Waals surface area contributed by atoms with Gasteiger partial charge in [-0.25, -0.2) is 9.99 Å². The summed E-state index contributed by atoms with van der Waals surface area (Å²) < 4.78 is 24.5. The first-order valence-corrected chi connectivity index (χ1v) is 21.2. The van der Waals surface area contributed by atoms with E-state index in [9.17, 15) is 19.8 Å². The van der Waals surface area contributed by atoms with Crippen molar-refractivity contribution in [2.24, 2.45) is 0 Å². The van der Waals surface area contributed by atoms with Crippen LogP contribution in [0.5, 0.6) is 0 Å². The molecule has 2 aromatic rings. The summed E-state index contributed by atoms with van der Waals surface area (Å²) in [4.78, 5) is 32.0. The van der Waals surface area contributed by atoms with Crippen LogP contribution >= 0.6 is 11.6 Å². The van der Waals surface area contributed by atoms with Gasteiger partial charge < -0.3 is 29.2 Å². The molecule has 1 amide bonds. The van der Waals surface area contributed by atoms with Gasteiger partial charge in [-0.15, -0.1) is 11.6 Å². The molecule has 1 aromatic carbocycles. The zero-order chi connectivity index (χ0) is 39.7. The monoisotopic (exact) mass is 782 g/mol. The molecule has 0 spiro atoms. The lowest BCUT2D eigenvalue weighted by atomic mass is 10.0. The fourth-order valence-electron chi connectivity index (χ4n) is 6.26. The summed E-state index contributed by atoms with van der Waals surface area (Å²) in [7, 11) is 0. The van der Waals surface area contributed by atoms with Gasteiger partial charge in [0.25, 0.3) is 11.5 Å². The molecule has 1 heterocycles. The lowest BCUT2D eigenvalue weighted by Gasteiger charge is -2.30. The van der Waals surface area contributed by atoms with E-state index in [1.54, 1.807) is 31.2 Å². The van der Waals surface area contributed by atoms with Gasteiger partial charge in [0.1, 0.15) is 12.0 Å². The van der Waals surface area contributed by atoms with E-state index in [0.29, 0.717) is 30.5 Å². The Hall–Kier alpha value is -2.12. The molecule has 0 aliphatic rings. The predicted octanol–water partition coefficient (Wildman–Crippen LogP) is 8.01. The average Bonchev–Trinajstić information content (AvgIpc) is 3.16. The van der Waals surface area contributed by atoms with Gasteiger partial charge in [0, 0.05) is 0 Å². The lowest BCUT2D eigenvalue weighted by molar-refractivity contribution is -0.118. The Labute approximate surface area is 330 Å². The van der Waals surface area contributed by atoms with Crippen molar-refractivity contribution in [3.8, 4) is 0 Å². The number of aliphatic hydroxyl groups is 2. The molecule has 11 nitrogen and oxygen atoms in total. The normalized spacial score (nSPS) is 15.2. The van der Waals surface area contributed by atoms with E-state index in [-0.39, 0.29) is 49.8 Å². The fourth-order valence-corrected chi connectivity index (χ4v) is 6.40. The number of alkyl halides is 1. The molecule has 0 aliphatic carbocycles. The predicted molar refractivity (Wildman–Crippen MR) is 218 cm³/mol. The Morgan fingerprint density at radius 3 is 1.69 bits per heavy atom. The summed E-state index contributed by atoms with van der Waals surface area (Å²) in [5, 5.41) is 22.4. The number of aromatic nitrogens is 2. The first-order valence-electron chi connectivity index (χ1n) is 20.7. The van der Waals surface area contributed by atoms with Crippen molar-refractivity contribution in [1.82, 2.24) is 9.66 Å². The maximum atomic E-state index is 14.0. The van der Waals surface area contributed by atoms with Crippen LogP contribution in [0.3, 0.4) is 0 Å². The Kier molecular flexibility index (Phi) is 25.2. The van der Waals surface area contributed by atoms with Crippen LogP contribution in [0.1, 0.15) is 150 Å². The highest BCUT2D eigenvalue weighted by atomic mass is 35.5. The molecule has 6 atom stereocenters. The zero-order valence-electron chi connectivity index (χ0n) is 34.2. The maximum Gasteiger partial charge on any atom is 0.280 e. The zero-order valence-corrected chi connectivity index (χ0v) is 34.9. The van der Waals surface area contributed by atoms with E-state index in [1.165, 1.54) is 80.3 Å². The number of hydrogen-bond acceptors (Lipinski definition) is 9. The molecule has 2 N–H and O–H groups in total. The van der Waals surface area contributed by atoms with Gasteiger partial charge in [-0.3, -0.25) is 9.59 Å². The van der Waals surface area contributed by atoms with Crippen LogP contribution in [-0.4, -0.2) is 95.2 Å². The van der Waals surface area contributed by atoms with Crippen LogP contribution in [0.4, 0.5) is 0 Å². The van der Waals surface area contributed by atoms with Crippen LogP contribution < -0.4 is 10.6 Å². The topological polar surface area (TPSA) is 133 Å². The molecule has 1 aromatic heterocycles. The van der Waals surface area contributed by atoms with Crippen molar-refractivity contribution < 1.29 is 34.0 Å². The molecule has 0 saturated heterocycles. The molecule has 0 aliphatic heterocycles. The van der Waals surface area contributed by atoms with Crippen molar-refractivity contribution >= 4 is 28.4 Å². The third-order valence-corrected chi connectivity index (χ3v) is 9.68. The van der Waals surface area contributed by atoms with E-state index in [4.69, 9.17) is 35.5 Å². The number of carbonyl (C=O) groups excluding carboxylic acids is 1. The van der Waals surface area contributed by atoms with E-state index in [0.717, 1.165) is 19.3 Å². The Balaban J connectivity index is 1.94. The van der Waals surface area contributed by atoms with Gasteiger partial charge in [0.2, 0.25) is 0 Å². The summed E-state index contributed by atoms with van der Waals surface area (Å²) in [5.41, 5.74) is 0.0137. The summed E-state index contributed by atoms with van der Waals surface area (Å²) >= 11 is 6.08. The third-order valence-electron chi connectivity index (χ3n) is 9.45. The molecule has 0 bridgehead atoms. The SMILES string of the molecule is CCCCCCCCCCCCCCCCC(O)c1nc2ccccc2c(=O)n1N(CC(C)OCC(C)OCC(C)OCC(C)OCC(C)O)C(=O)CCl. The fraction of sp³-hybridized carbons (Fsp3) is 0.786. The van der Waals surface area contributed by atoms with Crippen molar-refractivity contribution in [3.63, 3.8) is 0 Å². The van der Waals surface area contributed by atoms with Crippen molar-refractivity contribution in [3.05, 3.63) is 40.4 Å². The number of halogens is 1. The number of unbranched alkanes of at least 4 members (excludes halogenated alkanes) is 13. The van der Waals surface area contributed by atoms with Gasteiger partial charge in [-0.1, -0.05) is 109 Å². The summed E-state index contributed by atoms with van der Waals surface area (Å²) in [6.07, 6.45) is 15.0. The molecular formula is C42H72ClN3O8. The van der Waals surface area contributed by atoms with Gasteiger partial charge in [0.15, 0.2) is 5.82 Å². The van der Waals surface area contributed by atoms with Crippen LogP contribution in [0.2, 0.25) is 0 Å². The smallest absolute Gasteiger partial charge is 0.280 e. The number of aliphatic hydroxyl groups excluding tert-OH is 2. The largest absolute Gasteiger partial charge is 0.391 e. The number of hydrogen-bond donors (Lipinski definition) is 2. The molecule has 12 heteroatoms. The van der Waals surface area contributed by atoms with E-state index >= 15 is 0 Å². The second-order valence-electron chi connectivity index (χ2n) is 15.0. The first-order chi connectivity index (χ1) is 26.0. The van der Waals surface area contributed by atoms with E-state index < -0.39 is 29.8 Å². The highest BCUT2D eigenvalue weighted by Gasteiger charge is 2.27. The summed E-state index contributed by atoms with van der Waals surface area (Å²) in [6, 6.07) is 6.95. The highest BCUT2D eigenvalue weighted by molar-refractivity contribution is 6.28. The molecule has 310 valence electrons. The van der Waals surface area contributed by atoms with Crippen LogP contribution in [0.25, 0.3) is 10.9 Å². The summed E-state index contributed by atoms with van der Waals surface area (Å²) in [5.74, 6) is -0.742. The van der Waals surface area contributed by atoms with E-state index in [2.05, 4.69) is 6.92 Å². The summed E-state index contributed by atoms with van der Waals surface area (Å²) in [6.45, 7) is 12.7. The number of ether oxygens (including phenoxy) is 4. The number of para-hydroxylation sites is 1. The molecule has 54 heavy (non-hydrogen) atoms. The average molecular weight is 783 g/mol. The maximum absolute atomic E-state index is 14.0. The highest BCUT2D eigenvalue weighted by Crippen LogP contribution is 2.22. The Bertz CT molecular complexity index is 1340. The minimum Gasteiger partial charge on any atom is -0.391 e. The van der Waals surface area contributed by atoms with Crippen molar-refractivity contribution in [2.45, 2.75) is 174 Å². The number of benzene rings is 1. The number of amides is 1. The second-order valence-corrected chi connectivity index (χ2v) is 15.3. The molecule has 0 saturated carbocycles. The van der Waals surface area contributed by atoms with Crippen molar-refractivity contribution in [2.75, 3.05) is 43.9 Å². The van der Waals surface area contributed by atoms with E-state index in [1.807, 2.05) is 27.7 Å². The van der Waals surface area contributed by atoms with Crippen molar-refractivity contribution in [1.29, 1.82) is 0 Å². The van der Waals surface area contributed by atoms with Crippen LogP contribution in [0, 0.1) is 0 Å². The number of fused-ring (bicyclic) bond motifs is 1. The minimum atomic E-state index is -1.05. The second kappa shape index (κ2) is 28.3. The molecule has 0 radical (unpaired) electrons. The van der Waals surface area contributed by atoms with Crippen LogP contribution in [0.15, 0.2) is 29.1 Å². The standard InChI is InChI=1S/C42H72ClN3O8/c1-7-8-9-10-11-12-13-14-15-16-17-18-19-20-25-39(48)41-44-38-24-22-21-23-37(38)42(50)46(41)45(40(49)26-43)27-33(3)52-29-35(5)54-31-36(6)53-30-34(4)51-28-32(2)47/h21-24,32-36,39,47-48H,7-20,25-31H2,1-6H3. The molecule has 2 rings (SSSR count). The number of carbonyl (C=O) groups is 1. The quantitative estimate of drug-likeness (QED) is 0.0560. The van der Waals surface area contributed by atoms with Gasteiger partial charge >= 0.3 is 0 Å². The lowest BCUT2D eigenvalue weighted by Crippen LogP contribution is -2.52. The molecule has 0 fully saturated rings. The van der Waals surface area contributed by atoms with Gasteiger partial charge in [0.05, 0.1) is 74.4 Å². The van der Waals surface area contributed by atoms with Gasteiger partial charge in [-0.05, 0) is 53.2 Å². The Morgan fingerprint density at radius 1 is 0.722 bits per heavy atom. The minimum absolute atomic E-state index is 0.0145. The third kappa shape index (κ3) is 19.2. The molecule has 6 unspecified atom stereocenters. The molecular weight excluding hydrogens is 710 g/mol. The van der Waals surface area contributed by atoms with Crippen LogP contribution in [-0.2, 0) is 23.7 Å². The van der Waals surface area contributed by atoms with Gasteiger partial charge in [-0.2, -0.15) is 4.68 Å². The number of rotatable bonds is 32. The number of nitrogens with zero attached hydrogens (tertiary/aromatic N) is 3. The first kappa shape index (κ1) is 48.0.